The van der Waals surface area contributed by atoms with Crippen LogP contribution >= 0.6 is 0 Å². The number of halogens is 1. The fourth-order valence-electron chi connectivity index (χ4n) is 3.74. The van der Waals surface area contributed by atoms with Crippen LogP contribution in [0.3, 0.4) is 0 Å². The second-order valence-corrected chi connectivity index (χ2v) is 11.6. The van der Waals surface area contributed by atoms with Crippen LogP contribution in [0.4, 0.5) is 9.18 Å². The summed E-state index contributed by atoms with van der Waals surface area (Å²) in [5.41, 5.74) is -0.0336. The number of hydrogen-bond donors (Lipinski definition) is 1. The quantitative estimate of drug-likeness (QED) is 0.0621. The molecule has 0 aliphatic rings. The summed E-state index contributed by atoms with van der Waals surface area (Å²) in [7, 11) is 0. The molecule has 0 saturated heterocycles. The van der Waals surface area contributed by atoms with Gasteiger partial charge in [0.25, 0.3) is 0 Å². The highest BCUT2D eigenvalue weighted by Gasteiger charge is 2.15. The lowest BCUT2D eigenvalue weighted by molar-refractivity contribution is -0.137. The molecule has 0 radical (unpaired) electrons. The molecule has 1 amide bonds. The van der Waals surface area contributed by atoms with E-state index in [9.17, 15) is 14.0 Å². The minimum Gasteiger partial charge on any atom is -0.491 e. The van der Waals surface area contributed by atoms with Gasteiger partial charge in [0.2, 0.25) is 0 Å². The van der Waals surface area contributed by atoms with Gasteiger partial charge in [-0.05, 0) is 51.5 Å². The molecular formula is C36H60FNO14. The van der Waals surface area contributed by atoms with Crippen molar-refractivity contribution in [3.8, 4) is 5.75 Å². The summed E-state index contributed by atoms with van der Waals surface area (Å²) >= 11 is 0. The lowest BCUT2D eigenvalue weighted by Gasteiger charge is -2.19. The zero-order valence-corrected chi connectivity index (χ0v) is 31.3. The standard InChI is InChI=1S/C36H60FNO14/c1-5-50-34(39)7-6-31-28-32(37)30-33(29-31)51-27-26-49-25-24-48-23-22-47-21-20-46-19-18-45-17-16-44-15-14-43-13-12-42-11-10-41-9-8-38-35(40)52-36(2,3)4/h6-7,28-30H,5,8-27H2,1-4H3,(H,38,40)/b7-6+. The Labute approximate surface area is 307 Å². The molecule has 15 nitrogen and oxygen atoms in total. The Hall–Kier alpha value is -2.93. The molecule has 1 rings (SSSR count). The topological polar surface area (TPSA) is 157 Å². The monoisotopic (exact) mass is 749 g/mol. The first kappa shape index (κ1) is 47.1. The van der Waals surface area contributed by atoms with Crippen molar-refractivity contribution in [2.75, 3.05) is 139 Å². The summed E-state index contributed by atoms with van der Waals surface area (Å²) in [4.78, 5) is 22.9. The number of amides is 1. The van der Waals surface area contributed by atoms with Gasteiger partial charge in [-0.25, -0.2) is 14.0 Å². The zero-order valence-electron chi connectivity index (χ0n) is 31.3. The van der Waals surface area contributed by atoms with E-state index in [1.807, 2.05) is 20.8 Å². The Bertz CT molecular complexity index is 1060. The highest BCUT2D eigenvalue weighted by Crippen LogP contribution is 2.17. The SMILES string of the molecule is CCOC(=O)/C=C/c1cc(F)cc(OCCOCCOCCOCCOCCOCCOCCOCCOCCOCCNC(=O)OC(C)(C)C)c1. The predicted octanol–water partition coefficient (Wildman–Crippen LogP) is 3.45. The van der Waals surface area contributed by atoms with Crippen LogP contribution < -0.4 is 10.1 Å². The summed E-state index contributed by atoms with van der Waals surface area (Å²) in [6.07, 6.45) is 2.24. The maximum atomic E-state index is 13.8. The Kier molecular flexibility index (Phi) is 29.6. The van der Waals surface area contributed by atoms with Crippen LogP contribution in [-0.4, -0.2) is 156 Å². The van der Waals surface area contributed by atoms with Gasteiger partial charge in [-0.15, -0.1) is 0 Å². The third-order valence-electron chi connectivity index (χ3n) is 5.98. The number of nitrogens with one attached hydrogen (secondary N) is 1. The van der Waals surface area contributed by atoms with Gasteiger partial charge in [0.05, 0.1) is 126 Å². The molecule has 0 aromatic heterocycles. The van der Waals surface area contributed by atoms with E-state index in [1.54, 1.807) is 13.0 Å². The first-order chi connectivity index (χ1) is 25.2. The fraction of sp³-hybridized carbons (Fsp3) is 0.722. The smallest absolute Gasteiger partial charge is 0.407 e. The largest absolute Gasteiger partial charge is 0.491 e. The molecule has 0 aliphatic heterocycles. The van der Waals surface area contributed by atoms with Crippen LogP contribution in [0.5, 0.6) is 5.75 Å². The number of carbonyl (C=O) groups is 2. The highest BCUT2D eigenvalue weighted by atomic mass is 19.1. The van der Waals surface area contributed by atoms with Crippen LogP contribution in [0, 0.1) is 5.82 Å². The first-order valence-corrected chi connectivity index (χ1v) is 17.6. The lowest BCUT2D eigenvalue weighted by Crippen LogP contribution is -2.34. The minimum absolute atomic E-state index is 0.236. The third-order valence-corrected chi connectivity index (χ3v) is 5.98. The molecule has 1 aromatic rings. The van der Waals surface area contributed by atoms with Gasteiger partial charge in [-0.3, -0.25) is 0 Å². The van der Waals surface area contributed by atoms with Crippen LogP contribution in [0.15, 0.2) is 24.3 Å². The molecule has 0 aliphatic carbocycles. The molecule has 1 N–H and O–H groups in total. The van der Waals surface area contributed by atoms with Crippen LogP contribution in [0.1, 0.15) is 33.3 Å². The maximum Gasteiger partial charge on any atom is 0.407 e. The number of esters is 1. The minimum atomic E-state index is -0.520. The van der Waals surface area contributed by atoms with Gasteiger partial charge in [0.1, 0.15) is 23.8 Å². The van der Waals surface area contributed by atoms with Crippen molar-refractivity contribution in [3.05, 3.63) is 35.7 Å². The van der Waals surface area contributed by atoms with Crippen molar-refractivity contribution in [1.82, 2.24) is 5.32 Å². The Morgan fingerprint density at radius 3 is 1.42 bits per heavy atom. The number of carbonyl (C=O) groups excluding carboxylic acids is 2. The van der Waals surface area contributed by atoms with E-state index in [1.165, 1.54) is 24.3 Å². The van der Waals surface area contributed by atoms with Crippen molar-refractivity contribution >= 4 is 18.1 Å². The van der Waals surface area contributed by atoms with Crippen molar-refractivity contribution in [3.63, 3.8) is 0 Å². The second kappa shape index (κ2) is 32.7. The van der Waals surface area contributed by atoms with E-state index in [2.05, 4.69) is 5.32 Å². The van der Waals surface area contributed by atoms with Gasteiger partial charge in [0.15, 0.2) is 0 Å². The zero-order chi connectivity index (χ0) is 38.0. The second-order valence-electron chi connectivity index (χ2n) is 11.6. The normalized spacial score (nSPS) is 11.6. The van der Waals surface area contributed by atoms with Crippen molar-refractivity contribution < 1.29 is 70.8 Å². The average Bonchev–Trinajstić information content (AvgIpc) is 3.09. The number of rotatable bonds is 34. The first-order valence-electron chi connectivity index (χ1n) is 17.6. The molecule has 0 bridgehead atoms. The molecule has 16 heteroatoms. The summed E-state index contributed by atoms with van der Waals surface area (Å²) in [5.74, 6) is -0.631. The van der Waals surface area contributed by atoms with Gasteiger partial charge in [-0.1, -0.05) is 0 Å². The summed E-state index contributed by atoms with van der Waals surface area (Å²) in [6, 6.07) is 4.18. The Morgan fingerprint density at radius 1 is 0.615 bits per heavy atom. The number of alkyl carbamates (subject to hydrolysis) is 1. The fourth-order valence-corrected chi connectivity index (χ4v) is 3.74. The van der Waals surface area contributed by atoms with E-state index in [4.69, 9.17) is 56.8 Å². The molecule has 0 saturated carbocycles. The molecule has 0 spiro atoms. The lowest BCUT2D eigenvalue weighted by atomic mass is 10.2. The van der Waals surface area contributed by atoms with E-state index in [0.717, 1.165) is 0 Å². The summed E-state index contributed by atoms with van der Waals surface area (Å²) in [6.45, 7) is 15.9. The summed E-state index contributed by atoms with van der Waals surface area (Å²) < 4.78 is 78.4. The number of hydrogen-bond acceptors (Lipinski definition) is 14. The van der Waals surface area contributed by atoms with E-state index >= 15 is 0 Å². The van der Waals surface area contributed by atoms with Gasteiger partial charge >= 0.3 is 12.1 Å². The van der Waals surface area contributed by atoms with Crippen molar-refractivity contribution in [2.24, 2.45) is 0 Å². The van der Waals surface area contributed by atoms with Crippen molar-refractivity contribution in [2.45, 2.75) is 33.3 Å². The highest BCUT2D eigenvalue weighted by molar-refractivity contribution is 5.87. The van der Waals surface area contributed by atoms with Gasteiger partial charge in [0, 0.05) is 18.7 Å². The predicted molar refractivity (Wildman–Crippen MR) is 189 cm³/mol. The molecule has 0 heterocycles. The maximum absolute atomic E-state index is 13.8. The third kappa shape index (κ3) is 31.8. The van der Waals surface area contributed by atoms with Crippen LogP contribution in [0.2, 0.25) is 0 Å². The van der Waals surface area contributed by atoms with Crippen LogP contribution in [-0.2, 0) is 56.9 Å². The average molecular weight is 750 g/mol. The van der Waals surface area contributed by atoms with E-state index in [0.29, 0.717) is 137 Å². The van der Waals surface area contributed by atoms with Gasteiger partial charge in [-0.2, -0.15) is 0 Å². The van der Waals surface area contributed by atoms with Crippen molar-refractivity contribution in [1.29, 1.82) is 0 Å². The van der Waals surface area contributed by atoms with Gasteiger partial charge < -0.3 is 62.2 Å². The molecule has 300 valence electrons. The number of ether oxygens (including phenoxy) is 12. The molecular weight excluding hydrogens is 689 g/mol. The summed E-state index contributed by atoms with van der Waals surface area (Å²) in [5, 5.41) is 2.62. The Balaban J connectivity index is 1.76. The van der Waals surface area contributed by atoms with E-state index in [-0.39, 0.29) is 13.2 Å². The number of benzene rings is 1. The molecule has 0 fully saturated rings. The van der Waals surface area contributed by atoms with E-state index < -0.39 is 23.5 Å². The molecule has 0 unspecified atom stereocenters. The molecule has 1 aromatic carbocycles. The van der Waals surface area contributed by atoms with Crippen LogP contribution in [0.25, 0.3) is 6.08 Å². The Morgan fingerprint density at radius 2 is 1.02 bits per heavy atom. The molecule has 0 atom stereocenters. The molecule has 52 heavy (non-hydrogen) atoms.